The minimum absolute atomic E-state index is 0.0521. The van der Waals surface area contributed by atoms with Crippen LogP contribution in [0.4, 0.5) is 0 Å². The molecule has 114 valence electrons. The molecule has 0 saturated carbocycles. The first-order valence-corrected chi connectivity index (χ1v) is 6.89. The van der Waals surface area contributed by atoms with Crippen LogP contribution >= 0.6 is 0 Å². The standard InChI is InChI=1S/C15H20N2O4/c1-20-12-6-5-11(8-13(12)21-2)9-16-14(18)10-17-7-3-4-15(17)19/h5-6,8H,3-4,7,9-10H2,1-2H3,(H,16,18). The van der Waals surface area contributed by atoms with Crippen molar-refractivity contribution >= 4 is 11.8 Å². The third-order valence-corrected chi connectivity index (χ3v) is 3.44. The largest absolute Gasteiger partial charge is 0.493 e. The average Bonchev–Trinajstić information content (AvgIpc) is 2.90. The van der Waals surface area contributed by atoms with Crippen LogP contribution in [-0.4, -0.2) is 44.0 Å². The number of likely N-dealkylation sites (tertiary alicyclic amines) is 1. The molecule has 6 nitrogen and oxygen atoms in total. The van der Waals surface area contributed by atoms with E-state index in [2.05, 4.69) is 5.32 Å². The Hall–Kier alpha value is -2.24. The number of carbonyl (C=O) groups excluding carboxylic acids is 2. The van der Waals surface area contributed by atoms with E-state index in [1.54, 1.807) is 25.2 Å². The van der Waals surface area contributed by atoms with Crippen molar-refractivity contribution in [3.63, 3.8) is 0 Å². The Bertz CT molecular complexity index is 530. The molecule has 1 fully saturated rings. The summed E-state index contributed by atoms with van der Waals surface area (Å²) in [5.74, 6) is 1.17. The van der Waals surface area contributed by atoms with Crippen molar-refractivity contribution in [1.82, 2.24) is 10.2 Å². The van der Waals surface area contributed by atoms with Crippen LogP contribution in [0.15, 0.2) is 18.2 Å². The van der Waals surface area contributed by atoms with Gasteiger partial charge in [0, 0.05) is 19.5 Å². The molecule has 21 heavy (non-hydrogen) atoms. The quantitative estimate of drug-likeness (QED) is 0.847. The molecule has 0 bridgehead atoms. The van der Waals surface area contributed by atoms with E-state index in [4.69, 9.17) is 9.47 Å². The van der Waals surface area contributed by atoms with Gasteiger partial charge >= 0.3 is 0 Å². The van der Waals surface area contributed by atoms with E-state index in [0.29, 0.717) is 31.0 Å². The Kier molecular flexibility index (Phi) is 5.03. The number of rotatable bonds is 6. The molecule has 0 radical (unpaired) electrons. The van der Waals surface area contributed by atoms with Gasteiger partial charge in [-0.2, -0.15) is 0 Å². The number of carbonyl (C=O) groups is 2. The third kappa shape index (κ3) is 3.87. The van der Waals surface area contributed by atoms with Crippen molar-refractivity contribution in [3.05, 3.63) is 23.8 Å². The molecule has 1 saturated heterocycles. The number of hydrogen-bond acceptors (Lipinski definition) is 4. The van der Waals surface area contributed by atoms with Crippen LogP contribution in [0, 0.1) is 0 Å². The van der Waals surface area contributed by atoms with Crippen LogP contribution in [0.5, 0.6) is 11.5 Å². The lowest BCUT2D eigenvalue weighted by atomic mass is 10.2. The Balaban J connectivity index is 1.87. The lowest BCUT2D eigenvalue weighted by Gasteiger charge is -2.15. The monoisotopic (exact) mass is 292 g/mol. The predicted octanol–water partition coefficient (Wildman–Crippen LogP) is 0.942. The van der Waals surface area contributed by atoms with Crippen LogP contribution in [0.2, 0.25) is 0 Å². The molecule has 0 aliphatic carbocycles. The normalized spacial score (nSPS) is 14.2. The molecule has 1 N–H and O–H groups in total. The van der Waals surface area contributed by atoms with E-state index >= 15 is 0 Å². The van der Waals surface area contributed by atoms with E-state index < -0.39 is 0 Å². The molecule has 2 rings (SSSR count). The molecule has 0 atom stereocenters. The molecule has 1 aromatic carbocycles. The topological polar surface area (TPSA) is 67.9 Å². The number of nitrogens with zero attached hydrogens (tertiary/aromatic N) is 1. The second kappa shape index (κ2) is 6.97. The molecule has 0 aromatic heterocycles. The molecule has 0 spiro atoms. The van der Waals surface area contributed by atoms with Gasteiger partial charge in [0.05, 0.1) is 20.8 Å². The molecule has 1 aliphatic heterocycles. The van der Waals surface area contributed by atoms with E-state index in [9.17, 15) is 9.59 Å². The van der Waals surface area contributed by atoms with Crippen LogP contribution < -0.4 is 14.8 Å². The van der Waals surface area contributed by atoms with E-state index in [1.807, 2.05) is 12.1 Å². The van der Waals surface area contributed by atoms with Crippen molar-refractivity contribution < 1.29 is 19.1 Å². The maximum atomic E-state index is 11.8. The van der Waals surface area contributed by atoms with Gasteiger partial charge in [0.25, 0.3) is 0 Å². The number of hydrogen-bond donors (Lipinski definition) is 1. The van der Waals surface area contributed by atoms with E-state index in [0.717, 1.165) is 12.0 Å². The van der Waals surface area contributed by atoms with Crippen molar-refractivity contribution in [3.8, 4) is 11.5 Å². The summed E-state index contributed by atoms with van der Waals surface area (Å²) in [4.78, 5) is 24.9. The summed E-state index contributed by atoms with van der Waals surface area (Å²) in [5.41, 5.74) is 0.911. The highest BCUT2D eigenvalue weighted by atomic mass is 16.5. The molecule has 0 unspecified atom stereocenters. The summed E-state index contributed by atoms with van der Waals surface area (Å²) in [6.07, 6.45) is 1.38. The Labute approximate surface area is 124 Å². The smallest absolute Gasteiger partial charge is 0.239 e. The van der Waals surface area contributed by atoms with Crippen LogP contribution in [0.25, 0.3) is 0 Å². The zero-order valence-corrected chi connectivity index (χ0v) is 12.3. The SMILES string of the molecule is COc1ccc(CNC(=O)CN2CCCC2=O)cc1OC. The Morgan fingerprint density at radius 3 is 2.67 bits per heavy atom. The van der Waals surface area contributed by atoms with Gasteiger partial charge in [-0.25, -0.2) is 0 Å². The molecule has 1 aliphatic rings. The number of ether oxygens (including phenoxy) is 2. The third-order valence-electron chi connectivity index (χ3n) is 3.44. The molecule has 6 heteroatoms. The first-order chi connectivity index (χ1) is 10.1. The minimum Gasteiger partial charge on any atom is -0.493 e. The summed E-state index contributed by atoms with van der Waals surface area (Å²) in [6, 6.07) is 5.48. The summed E-state index contributed by atoms with van der Waals surface area (Å²) >= 11 is 0. The average molecular weight is 292 g/mol. The molecule has 1 heterocycles. The minimum atomic E-state index is -0.153. The van der Waals surface area contributed by atoms with E-state index in [1.165, 1.54) is 0 Å². The second-order valence-electron chi connectivity index (χ2n) is 4.88. The number of methoxy groups -OCH3 is 2. The summed E-state index contributed by atoms with van der Waals surface area (Å²) in [6.45, 7) is 1.19. The highest BCUT2D eigenvalue weighted by molar-refractivity contribution is 5.85. The summed E-state index contributed by atoms with van der Waals surface area (Å²) in [5, 5.41) is 2.81. The summed E-state index contributed by atoms with van der Waals surface area (Å²) < 4.78 is 10.4. The lowest BCUT2D eigenvalue weighted by Crippen LogP contribution is -2.37. The van der Waals surface area contributed by atoms with Crippen molar-refractivity contribution in [2.24, 2.45) is 0 Å². The van der Waals surface area contributed by atoms with Gasteiger partial charge in [0.2, 0.25) is 11.8 Å². The highest BCUT2D eigenvalue weighted by Gasteiger charge is 2.22. The fourth-order valence-electron chi connectivity index (χ4n) is 2.29. The van der Waals surface area contributed by atoms with Gasteiger partial charge < -0.3 is 19.7 Å². The van der Waals surface area contributed by atoms with Crippen LogP contribution in [0.1, 0.15) is 18.4 Å². The number of nitrogens with one attached hydrogen (secondary N) is 1. The maximum absolute atomic E-state index is 11.8. The van der Waals surface area contributed by atoms with Gasteiger partial charge in [0.15, 0.2) is 11.5 Å². The predicted molar refractivity (Wildman–Crippen MR) is 77.2 cm³/mol. The van der Waals surface area contributed by atoms with Crippen molar-refractivity contribution in [2.75, 3.05) is 27.3 Å². The second-order valence-corrected chi connectivity index (χ2v) is 4.88. The first-order valence-electron chi connectivity index (χ1n) is 6.89. The highest BCUT2D eigenvalue weighted by Crippen LogP contribution is 2.27. The van der Waals surface area contributed by atoms with Gasteiger partial charge in [-0.1, -0.05) is 6.07 Å². The zero-order valence-electron chi connectivity index (χ0n) is 12.3. The Morgan fingerprint density at radius 2 is 2.05 bits per heavy atom. The summed E-state index contributed by atoms with van der Waals surface area (Å²) in [7, 11) is 3.14. The van der Waals surface area contributed by atoms with Gasteiger partial charge in [-0.3, -0.25) is 9.59 Å². The molecule has 1 aromatic rings. The zero-order chi connectivity index (χ0) is 15.2. The fraction of sp³-hybridized carbons (Fsp3) is 0.467. The first kappa shape index (κ1) is 15.2. The van der Waals surface area contributed by atoms with Crippen molar-refractivity contribution in [2.45, 2.75) is 19.4 Å². The van der Waals surface area contributed by atoms with Gasteiger partial charge in [-0.15, -0.1) is 0 Å². The van der Waals surface area contributed by atoms with E-state index in [-0.39, 0.29) is 18.4 Å². The lowest BCUT2D eigenvalue weighted by molar-refractivity contribution is -0.133. The number of benzene rings is 1. The van der Waals surface area contributed by atoms with Gasteiger partial charge in [0.1, 0.15) is 0 Å². The molecular weight excluding hydrogens is 272 g/mol. The number of amides is 2. The van der Waals surface area contributed by atoms with Gasteiger partial charge in [-0.05, 0) is 24.1 Å². The molecular formula is C15H20N2O4. The Morgan fingerprint density at radius 1 is 1.29 bits per heavy atom. The fourth-order valence-corrected chi connectivity index (χ4v) is 2.29. The van der Waals surface area contributed by atoms with Crippen molar-refractivity contribution in [1.29, 1.82) is 0 Å². The van der Waals surface area contributed by atoms with Crippen LogP contribution in [-0.2, 0) is 16.1 Å². The maximum Gasteiger partial charge on any atom is 0.239 e. The van der Waals surface area contributed by atoms with Crippen LogP contribution in [0.3, 0.4) is 0 Å². The molecule has 2 amide bonds.